The van der Waals surface area contributed by atoms with E-state index in [1.165, 1.54) is 13.1 Å². The van der Waals surface area contributed by atoms with Crippen LogP contribution in [0.2, 0.25) is 0 Å². The van der Waals surface area contributed by atoms with Crippen LogP contribution in [0.5, 0.6) is 0 Å². The summed E-state index contributed by atoms with van der Waals surface area (Å²) >= 11 is 5.45. The molecule has 0 bridgehead atoms. The van der Waals surface area contributed by atoms with Crippen LogP contribution in [-0.2, 0) is 5.88 Å². The van der Waals surface area contributed by atoms with Crippen LogP contribution in [0.4, 0.5) is 13.2 Å². The number of hydrogen-bond donors (Lipinski definition) is 0. The molecule has 1 rings (SSSR count). The summed E-state index contributed by atoms with van der Waals surface area (Å²) in [5.74, 6) is -1.07. The molecule has 0 aliphatic carbocycles. The Morgan fingerprint density at radius 1 is 1.54 bits per heavy atom. The van der Waals surface area contributed by atoms with Crippen LogP contribution in [-0.4, -0.2) is 4.98 Å². The lowest BCUT2D eigenvalue weighted by atomic mass is 10.1. The molecule has 0 radical (unpaired) electrons. The highest BCUT2D eigenvalue weighted by molar-refractivity contribution is 6.17. The maximum absolute atomic E-state index is 12.8. The number of nitrogens with zero attached hydrogens (tertiary/aromatic N) is 1. The lowest BCUT2D eigenvalue weighted by Gasteiger charge is -2.08. The van der Waals surface area contributed by atoms with Crippen molar-refractivity contribution in [2.45, 2.75) is 19.2 Å². The fourth-order valence-corrected chi connectivity index (χ4v) is 1.29. The highest BCUT2D eigenvalue weighted by Gasteiger charge is 2.19. The van der Waals surface area contributed by atoms with E-state index >= 15 is 0 Å². The second-order valence-electron chi connectivity index (χ2n) is 2.55. The molecule has 0 saturated heterocycles. The number of hydrogen-bond acceptors (Lipinski definition) is 1. The Bertz CT molecular complexity index is 315. The Labute approximate surface area is 78.5 Å². The van der Waals surface area contributed by atoms with Gasteiger partial charge in [0.25, 0.3) is 6.43 Å². The molecular weight excluding hydrogens is 203 g/mol. The van der Waals surface area contributed by atoms with Crippen LogP contribution in [0.15, 0.2) is 6.20 Å². The number of pyridine rings is 1. The summed E-state index contributed by atoms with van der Waals surface area (Å²) in [6, 6.07) is 0. The molecule has 13 heavy (non-hydrogen) atoms. The van der Waals surface area contributed by atoms with Crippen molar-refractivity contribution in [1.29, 1.82) is 0 Å². The number of halogens is 4. The fraction of sp³-hybridized carbons (Fsp3) is 0.375. The molecule has 0 amide bonds. The highest BCUT2D eigenvalue weighted by atomic mass is 35.5. The van der Waals surface area contributed by atoms with Gasteiger partial charge in [0.2, 0.25) is 5.95 Å². The first-order valence-electron chi connectivity index (χ1n) is 3.56. The summed E-state index contributed by atoms with van der Waals surface area (Å²) in [5.41, 5.74) is -0.0472. The third-order valence-electron chi connectivity index (χ3n) is 1.80. The molecule has 0 unspecified atom stereocenters. The molecule has 0 atom stereocenters. The maximum atomic E-state index is 12.8. The second-order valence-corrected chi connectivity index (χ2v) is 2.81. The molecule has 0 aromatic carbocycles. The van der Waals surface area contributed by atoms with E-state index in [0.29, 0.717) is 5.56 Å². The summed E-state index contributed by atoms with van der Waals surface area (Å²) in [5, 5.41) is 0. The van der Waals surface area contributed by atoms with Gasteiger partial charge in [-0.2, -0.15) is 4.39 Å². The van der Waals surface area contributed by atoms with E-state index in [1.807, 2.05) is 0 Å². The van der Waals surface area contributed by atoms with Gasteiger partial charge >= 0.3 is 0 Å². The zero-order valence-electron chi connectivity index (χ0n) is 6.82. The Morgan fingerprint density at radius 3 is 2.62 bits per heavy atom. The van der Waals surface area contributed by atoms with Crippen molar-refractivity contribution in [3.8, 4) is 0 Å². The van der Waals surface area contributed by atoms with Gasteiger partial charge in [0.15, 0.2) is 0 Å². The van der Waals surface area contributed by atoms with E-state index in [9.17, 15) is 13.2 Å². The topological polar surface area (TPSA) is 12.9 Å². The first kappa shape index (κ1) is 10.3. The van der Waals surface area contributed by atoms with Crippen molar-refractivity contribution < 1.29 is 13.2 Å². The molecule has 0 saturated carbocycles. The van der Waals surface area contributed by atoms with Crippen molar-refractivity contribution in [2.24, 2.45) is 0 Å². The molecular formula is C8H7ClF3N. The molecule has 72 valence electrons. The summed E-state index contributed by atoms with van der Waals surface area (Å²) in [4.78, 5) is 3.20. The summed E-state index contributed by atoms with van der Waals surface area (Å²) in [7, 11) is 0. The van der Waals surface area contributed by atoms with Gasteiger partial charge < -0.3 is 0 Å². The molecule has 1 nitrogen and oxygen atoms in total. The number of alkyl halides is 3. The third kappa shape index (κ3) is 1.94. The predicted octanol–water partition coefficient (Wildman–Crippen LogP) is 3.21. The number of rotatable bonds is 2. The van der Waals surface area contributed by atoms with Crippen LogP contribution in [0, 0.1) is 12.9 Å². The van der Waals surface area contributed by atoms with Gasteiger partial charge in [0.1, 0.15) is 0 Å². The van der Waals surface area contributed by atoms with Crippen molar-refractivity contribution in [3.05, 3.63) is 28.8 Å². The zero-order valence-corrected chi connectivity index (χ0v) is 7.58. The predicted molar refractivity (Wildman–Crippen MR) is 43.4 cm³/mol. The van der Waals surface area contributed by atoms with Gasteiger partial charge in [-0.15, -0.1) is 11.6 Å². The first-order chi connectivity index (χ1) is 6.07. The lowest BCUT2D eigenvalue weighted by Crippen LogP contribution is -2.01. The molecule has 1 aromatic rings. The van der Waals surface area contributed by atoms with E-state index in [1.54, 1.807) is 0 Å². The van der Waals surface area contributed by atoms with Crippen LogP contribution < -0.4 is 0 Å². The fourth-order valence-electron chi connectivity index (χ4n) is 1.02. The van der Waals surface area contributed by atoms with E-state index < -0.39 is 17.9 Å². The highest BCUT2D eigenvalue weighted by Crippen LogP contribution is 2.26. The molecule has 0 aliphatic rings. The normalized spacial score (nSPS) is 10.9. The minimum atomic E-state index is -2.85. The van der Waals surface area contributed by atoms with Crippen molar-refractivity contribution in [3.63, 3.8) is 0 Å². The summed E-state index contributed by atoms with van der Waals surface area (Å²) in [6.07, 6.45) is -1.68. The van der Waals surface area contributed by atoms with Gasteiger partial charge in [-0.1, -0.05) is 0 Å². The maximum Gasteiger partial charge on any atom is 0.268 e. The molecule has 0 spiro atoms. The minimum Gasteiger partial charge on any atom is -0.228 e. The monoisotopic (exact) mass is 209 g/mol. The van der Waals surface area contributed by atoms with Crippen molar-refractivity contribution >= 4 is 11.6 Å². The Hall–Kier alpha value is -0.770. The van der Waals surface area contributed by atoms with Gasteiger partial charge in [-0.25, -0.2) is 13.8 Å². The average molecular weight is 210 g/mol. The molecule has 0 fully saturated rings. The molecule has 0 N–H and O–H groups in total. The molecule has 1 aromatic heterocycles. The standard InChI is InChI=1S/C8H7ClF3N/c1-4-5(2-9)3-13-8(12)6(4)7(10)11/h3,7H,2H2,1H3. The van der Waals surface area contributed by atoms with Gasteiger partial charge in [-0.3, -0.25) is 0 Å². The van der Waals surface area contributed by atoms with Gasteiger partial charge in [0.05, 0.1) is 5.56 Å². The zero-order chi connectivity index (χ0) is 10.0. The minimum absolute atomic E-state index is 0.0544. The average Bonchev–Trinajstić information content (AvgIpc) is 2.04. The molecule has 0 aliphatic heterocycles. The second kappa shape index (κ2) is 3.96. The van der Waals surface area contributed by atoms with Crippen LogP contribution in [0.1, 0.15) is 23.1 Å². The van der Waals surface area contributed by atoms with E-state index in [0.717, 1.165) is 0 Å². The SMILES string of the molecule is Cc1c(CCl)cnc(F)c1C(F)F. The van der Waals surface area contributed by atoms with Crippen molar-refractivity contribution in [2.75, 3.05) is 0 Å². The first-order valence-corrected chi connectivity index (χ1v) is 4.09. The van der Waals surface area contributed by atoms with E-state index in [-0.39, 0.29) is 11.4 Å². The Balaban J connectivity index is 3.30. The Kier molecular flexibility index (Phi) is 3.14. The third-order valence-corrected chi connectivity index (χ3v) is 2.09. The van der Waals surface area contributed by atoms with Gasteiger partial charge in [-0.05, 0) is 18.1 Å². The molecule has 5 heteroatoms. The quantitative estimate of drug-likeness (QED) is 0.538. The largest absolute Gasteiger partial charge is 0.268 e. The van der Waals surface area contributed by atoms with E-state index in [2.05, 4.69) is 4.98 Å². The number of aromatic nitrogens is 1. The Morgan fingerprint density at radius 2 is 2.15 bits per heavy atom. The van der Waals surface area contributed by atoms with Gasteiger partial charge in [0, 0.05) is 12.1 Å². The summed E-state index contributed by atoms with van der Waals surface area (Å²) in [6.45, 7) is 1.41. The smallest absolute Gasteiger partial charge is 0.228 e. The van der Waals surface area contributed by atoms with Crippen LogP contribution >= 0.6 is 11.6 Å². The lowest BCUT2D eigenvalue weighted by molar-refractivity contribution is 0.144. The molecule has 1 heterocycles. The summed E-state index contributed by atoms with van der Waals surface area (Å²) < 4.78 is 37.3. The van der Waals surface area contributed by atoms with Crippen LogP contribution in [0.3, 0.4) is 0 Å². The van der Waals surface area contributed by atoms with Crippen LogP contribution in [0.25, 0.3) is 0 Å². The van der Waals surface area contributed by atoms with Crippen molar-refractivity contribution in [1.82, 2.24) is 4.98 Å². The van der Waals surface area contributed by atoms with E-state index in [4.69, 9.17) is 11.6 Å².